The van der Waals surface area contributed by atoms with Gasteiger partial charge < -0.3 is 19.2 Å². The second kappa shape index (κ2) is 9.37. The Balaban J connectivity index is 1.36. The number of rotatable bonds is 7. The molecule has 0 atom stereocenters. The summed E-state index contributed by atoms with van der Waals surface area (Å²) >= 11 is 0. The van der Waals surface area contributed by atoms with E-state index >= 15 is 0 Å². The first-order valence-corrected chi connectivity index (χ1v) is 11.5. The fourth-order valence-electron chi connectivity index (χ4n) is 3.09. The molecule has 0 fully saturated rings. The number of benzene rings is 2. The Morgan fingerprint density at radius 3 is 2.69 bits per heavy atom. The van der Waals surface area contributed by atoms with Crippen LogP contribution in [0.4, 0.5) is 5.69 Å². The number of aryl methyl sites for hydroxylation is 1. The molecular formula is C21H22N4O6S. The van der Waals surface area contributed by atoms with Gasteiger partial charge in [-0.25, -0.2) is 13.1 Å². The lowest BCUT2D eigenvalue weighted by molar-refractivity contribution is -0.116. The van der Waals surface area contributed by atoms with Crippen molar-refractivity contribution >= 4 is 21.6 Å². The topological polar surface area (TPSA) is 133 Å². The van der Waals surface area contributed by atoms with Crippen LogP contribution in [0.2, 0.25) is 0 Å². The number of amides is 1. The molecule has 1 aliphatic rings. The third-order valence-corrected chi connectivity index (χ3v) is 6.25. The summed E-state index contributed by atoms with van der Waals surface area (Å²) in [6.45, 7) is 2.76. The van der Waals surface area contributed by atoms with Crippen molar-refractivity contribution in [2.75, 3.05) is 25.1 Å². The summed E-state index contributed by atoms with van der Waals surface area (Å²) < 4.78 is 43.9. The van der Waals surface area contributed by atoms with E-state index in [1.165, 1.54) is 18.5 Å². The number of aromatic nitrogens is 2. The number of carbonyl (C=O) groups is 1. The van der Waals surface area contributed by atoms with Gasteiger partial charge in [0, 0.05) is 36.7 Å². The zero-order valence-corrected chi connectivity index (χ0v) is 18.1. The lowest BCUT2D eigenvalue weighted by atomic mass is 10.1. The molecule has 0 saturated heterocycles. The van der Waals surface area contributed by atoms with Gasteiger partial charge in [-0.3, -0.25) is 4.79 Å². The first-order valence-electron chi connectivity index (χ1n) is 9.99. The molecule has 32 heavy (non-hydrogen) atoms. The molecule has 11 heteroatoms. The maximum Gasteiger partial charge on any atom is 0.247 e. The van der Waals surface area contributed by atoms with Gasteiger partial charge in [-0.1, -0.05) is 6.07 Å². The van der Waals surface area contributed by atoms with Gasteiger partial charge in [0.1, 0.15) is 0 Å². The molecule has 2 N–H and O–H groups in total. The van der Waals surface area contributed by atoms with Crippen molar-refractivity contribution in [3.8, 4) is 23.0 Å². The molecule has 10 nitrogen and oxygen atoms in total. The lowest BCUT2D eigenvalue weighted by Gasteiger charge is -2.12. The Hall–Kier alpha value is -3.44. The van der Waals surface area contributed by atoms with Crippen LogP contribution in [0.3, 0.4) is 0 Å². The Kier molecular flexibility index (Phi) is 6.37. The van der Waals surface area contributed by atoms with Gasteiger partial charge in [-0.15, -0.1) is 10.2 Å². The molecule has 2 aromatic carbocycles. The highest BCUT2D eigenvalue weighted by atomic mass is 32.2. The minimum atomic E-state index is -3.81. The number of anilines is 1. The molecule has 4 rings (SSSR count). The van der Waals surface area contributed by atoms with E-state index in [0.29, 0.717) is 41.9 Å². The van der Waals surface area contributed by atoms with Gasteiger partial charge in [-0.05, 0) is 36.8 Å². The Morgan fingerprint density at radius 1 is 1.09 bits per heavy atom. The average Bonchev–Trinajstić information content (AvgIpc) is 3.20. The van der Waals surface area contributed by atoms with Gasteiger partial charge in [0.05, 0.1) is 18.1 Å². The van der Waals surface area contributed by atoms with Crippen molar-refractivity contribution in [1.29, 1.82) is 0 Å². The molecule has 0 bridgehead atoms. The summed E-state index contributed by atoms with van der Waals surface area (Å²) in [6.07, 6.45) is 1.90. The summed E-state index contributed by atoms with van der Waals surface area (Å²) in [6, 6.07) is 9.80. The van der Waals surface area contributed by atoms with Crippen LogP contribution in [0.1, 0.15) is 18.4 Å². The van der Waals surface area contributed by atoms with Crippen LogP contribution in [-0.4, -0.2) is 44.3 Å². The Labute approximate surface area is 185 Å². The van der Waals surface area contributed by atoms with Crippen molar-refractivity contribution in [2.45, 2.75) is 24.7 Å². The van der Waals surface area contributed by atoms with Gasteiger partial charge in [-0.2, -0.15) is 0 Å². The summed E-state index contributed by atoms with van der Waals surface area (Å²) in [5.74, 6) is 0.902. The molecule has 0 saturated carbocycles. The van der Waals surface area contributed by atoms with E-state index in [0.717, 1.165) is 12.0 Å². The van der Waals surface area contributed by atoms with Gasteiger partial charge in [0.15, 0.2) is 11.5 Å². The van der Waals surface area contributed by atoms with E-state index in [2.05, 4.69) is 20.2 Å². The fraction of sp³-hybridized carbons (Fsp3) is 0.286. The quantitative estimate of drug-likeness (QED) is 0.552. The van der Waals surface area contributed by atoms with Crippen molar-refractivity contribution in [3.63, 3.8) is 0 Å². The van der Waals surface area contributed by atoms with Crippen molar-refractivity contribution in [1.82, 2.24) is 14.9 Å². The first kappa shape index (κ1) is 21.8. The maximum atomic E-state index is 12.6. The highest BCUT2D eigenvalue weighted by molar-refractivity contribution is 7.89. The van der Waals surface area contributed by atoms with Crippen LogP contribution in [-0.2, 0) is 14.8 Å². The predicted molar refractivity (Wildman–Crippen MR) is 115 cm³/mol. The minimum Gasteiger partial charge on any atom is -0.490 e. The molecular weight excluding hydrogens is 436 g/mol. The van der Waals surface area contributed by atoms with Crippen molar-refractivity contribution in [3.05, 3.63) is 48.4 Å². The highest BCUT2D eigenvalue weighted by Gasteiger charge is 2.19. The third-order valence-electron chi connectivity index (χ3n) is 4.79. The molecule has 1 aromatic heterocycles. The normalized spacial score (nSPS) is 13.4. The third kappa shape index (κ3) is 5.06. The number of fused-ring (bicyclic) bond motifs is 1. The first-order chi connectivity index (χ1) is 15.4. The second-order valence-electron chi connectivity index (χ2n) is 7.13. The predicted octanol–water partition coefficient (Wildman–Crippen LogP) is 2.51. The summed E-state index contributed by atoms with van der Waals surface area (Å²) in [5, 5.41) is 10.3. The number of hydrogen-bond acceptors (Lipinski definition) is 8. The number of ether oxygens (including phenoxy) is 2. The number of hydrogen-bond donors (Lipinski definition) is 2. The van der Waals surface area contributed by atoms with Gasteiger partial charge >= 0.3 is 0 Å². The molecule has 1 aliphatic heterocycles. The lowest BCUT2D eigenvalue weighted by Crippen LogP contribution is -2.28. The van der Waals surface area contributed by atoms with Gasteiger partial charge in [0.25, 0.3) is 0 Å². The minimum absolute atomic E-state index is 0.0465. The molecule has 0 unspecified atom stereocenters. The van der Waals surface area contributed by atoms with E-state index in [1.54, 1.807) is 12.1 Å². The Bertz CT molecular complexity index is 1210. The monoisotopic (exact) mass is 458 g/mol. The summed E-state index contributed by atoms with van der Waals surface area (Å²) in [7, 11) is -3.81. The van der Waals surface area contributed by atoms with Crippen LogP contribution in [0.25, 0.3) is 11.5 Å². The van der Waals surface area contributed by atoms with Gasteiger partial charge in [0.2, 0.25) is 28.2 Å². The van der Waals surface area contributed by atoms with Crippen molar-refractivity contribution in [2.24, 2.45) is 0 Å². The molecule has 0 spiro atoms. The van der Waals surface area contributed by atoms with E-state index in [-0.39, 0.29) is 23.8 Å². The van der Waals surface area contributed by atoms with E-state index in [4.69, 9.17) is 13.9 Å². The van der Waals surface area contributed by atoms with E-state index < -0.39 is 10.0 Å². The summed E-state index contributed by atoms with van der Waals surface area (Å²) in [4.78, 5) is 12.4. The largest absolute Gasteiger partial charge is 0.490 e. The Morgan fingerprint density at radius 2 is 1.91 bits per heavy atom. The SMILES string of the molecule is Cc1ccc(-c2nnco2)cc1NC(=O)CCNS(=O)(=O)c1ccc2c(c1)OCCCO2. The van der Waals surface area contributed by atoms with Crippen LogP contribution in [0.5, 0.6) is 11.5 Å². The van der Waals surface area contributed by atoms with Crippen LogP contribution in [0.15, 0.2) is 52.1 Å². The van der Waals surface area contributed by atoms with E-state index in [9.17, 15) is 13.2 Å². The number of carbonyl (C=O) groups excluding carboxylic acids is 1. The van der Waals surface area contributed by atoms with Crippen LogP contribution < -0.4 is 19.5 Å². The zero-order valence-electron chi connectivity index (χ0n) is 17.3. The maximum absolute atomic E-state index is 12.6. The fourth-order valence-corrected chi connectivity index (χ4v) is 4.14. The molecule has 2 heterocycles. The molecule has 1 amide bonds. The molecule has 0 aliphatic carbocycles. The number of nitrogens with zero attached hydrogens (tertiary/aromatic N) is 2. The highest BCUT2D eigenvalue weighted by Crippen LogP contribution is 2.31. The van der Waals surface area contributed by atoms with Crippen LogP contribution in [0, 0.1) is 6.92 Å². The standard InChI is InChI=1S/C21H22N4O6S/c1-14-3-4-15(21-25-22-13-31-21)11-17(14)24-20(26)7-8-23-32(27,28)16-5-6-18-19(12-16)30-10-2-9-29-18/h3-6,11-13,23H,2,7-10H2,1H3,(H,24,26). The molecule has 168 valence electrons. The molecule has 0 radical (unpaired) electrons. The van der Waals surface area contributed by atoms with E-state index in [1.807, 2.05) is 19.1 Å². The number of nitrogens with one attached hydrogen (secondary N) is 2. The zero-order chi connectivity index (χ0) is 22.6. The number of sulfonamides is 1. The second-order valence-corrected chi connectivity index (χ2v) is 8.90. The smallest absolute Gasteiger partial charge is 0.247 e. The van der Waals surface area contributed by atoms with Crippen LogP contribution >= 0.6 is 0 Å². The van der Waals surface area contributed by atoms with Crippen molar-refractivity contribution < 1.29 is 27.1 Å². The summed E-state index contributed by atoms with van der Waals surface area (Å²) in [5.41, 5.74) is 2.09. The molecule has 3 aromatic rings. The average molecular weight is 458 g/mol.